The van der Waals surface area contributed by atoms with Crippen molar-refractivity contribution in [3.63, 3.8) is 0 Å². The second-order valence-corrected chi connectivity index (χ2v) is 2.91. The van der Waals surface area contributed by atoms with Gasteiger partial charge in [0.15, 0.2) is 0 Å². The van der Waals surface area contributed by atoms with Crippen LogP contribution in [0.4, 0.5) is 0 Å². The maximum atomic E-state index is 8.50. The Balaban J connectivity index is 2.98. The van der Waals surface area contributed by atoms with Crippen molar-refractivity contribution in [2.75, 3.05) is 6.61 Å². The Morgan fingerprint density at radius 3 is 2.17 bits per heavy atom. The van der Waals surface area contributed by atoms with Crippen LogP contribution in [0.3, 0.4) is 0 Å². The van der Waals surface area contributed by atoms with Gasteiger partial charge in [0.25, 0.3) is 0 Å². The van der Waals surface area contributed by atoms with E-state index in [1.165, 1.54) is 6.42 Å². The zero-order valence-electron chi connectivity index (χ0n) is 7.84. The standard InChI is InChI=1S/C11H20O/c1-2-3-4-5-6-7-8-9-10-11-12/h2,6-7,12H,1,3-5,8-11H2. The first kappa shape index (κ1) is 11.4. The summed E-state index contributed by atoms with van der Waals surface area (Å²) in [6.07, 6.45) is 13.0. The van der Waals surface area contributed by atoms with Gasteiger partial charge >= 0.3 is 0 Å². The van der Waals surface area contributed by atoms with Crippen LogP contribution in [-0.2, 0) is 0 Å². The monoisotopic (exact) mass is 168 g/mol. The van der Waals surface area contributed by atoms with Crippen molar-refractivity contribution in [2.45, 2.75) is 38.5 Å². The van der Waals surface area contributed by atoms with Gasteiger partial charge in [0.2, 0.25) is 0 Å². The Labute approximate surface area is 75.8 Å². The molecule has 0 fully saturated rings. The first-order valence-electron chi connectivity index (χ1n) is 4.78. The summed E-state index contributed by atoms with van der Waals surface area (Å²) in [7, 11) is 0. The van der Waals surface area contributed by atoms with Crippen molar-refractivity contribution in [1.29, 1.82) is 0 Å². The van der Waals surface area contributed by atoms with Crippen LogP contribution in [0, 0.1) is 0 Å². The zero-order valence-corrected chi connectivity index (χ0v) is 7.84. The first-order chi connectivity index (χ1) is 5.91. The lowest BCUT2D eigenvalue weighted by molar-refractivity contribution is 0.285. The Hall–Kier alpha value is -0.560. The number of hydrogen-bond acceptors (Lipinski definition) is 1. The maximum absolute atomic E-state index is 8.50. The summed E-state index contributed by atoms with van der Waals surface area (Å²) in [5.41, 5.74) is 0. The van der Waals surface area contributed by atoms with Gasteiger partial charge < -0.3 is 5.11 Å². The summed E-state index contributed by atoms with van der Waals surface area (Å²) >= 11 is 0. The normalized spacial score (nSPS) is 10.8. The highest BCUT2D eigenvalue weighted by Gasteiger charge is 1.82. The lowest BCUT2D eigenvalue weighted by Crippen LogP contribution is -1.80. The maximum Gasteiger partial charge on any atom is 0.0431 e. The van der Waals surface area contributed by atoms with E-state index in [0.29, 0.717) is 6.61 Å². The molecule has 0 spiro atoms. The fraction of sp³-hybridized carbons (Fsp3) is 0.636. The summed E-state index contributed by atoms with van der Waals surface area (Å²) in [4.78, 5) is 0. The summed E-state index contributed by atoms with van der Waals surface area (Å²) in [6, 6.07) is 0. The van der Waals surface area contributed by atoms with Crippen LogP contribution in [0.25, 0.3) is 0 Å². The molecule has 0 amide bonds. The van der Waals surface area contributed by atoms with Gasteiger partial charge in [-0.2, -0.15) is 0 Å². The molecule has 0 aliphatic carbocycles. The average molecular weight is 168 g/mol. The molecule has 0 saturated heterocycles. The van der Waals surface area contributed by atoms with Crippen LogP contribution < -0.4 is 0 Å². The average Bonchev–Trinajstić information content (AvgIpc) is 2.10. The van der Waals surface area contributed by atoms with Gasteiger partial charge in [-0.25, -0.2) is 0 Å². The molecule has 1 nitrogen and oxygen atoms in total. The molecule has 1 heteroatoms. The van der Waals surface area contributed by atoms with E-state index in [0.717, 1.165) is 32.1 Å². The topological polar surface area (TPSA) is 20.2 Å². The number of unbranched alkanes of at least 4 members (excludes halogenated alkanes) is 4. The van der Waals surface area contributed by atoms with Crippen molar-refractivity contribution in [1.82, 2.24) is 0 Å². The Morgan fingerprint density at radius 2 is 1.58 bits per heavy atom. The smallest absolute Gasteiger partial charge is 0.0431 e. The Bertz CT molecular complexity index is 116. The second-order valence-electron chi connectivity index (χ2n) is 2.91. The minimum absolute atomic E-state index is 0.324. The van der Waals surface area contributed by atoms with Crippen molar-refractivity contribution in [3.8, 4) is 0 Å². The molecule has 0 aliphatic heterocycles. The number of aliphatic hydroxyl groups is 1. The third kappa shape index (κ3) is 9.44. The third-order valence-corrected chi connectivity index (χ3v) is 1.72. The van der Waals surface area contributed by atoms with Crippen molar-refractivity contribution in [3.05, 3.63) is 24.8 Å². The predicted octanol–water partition coefficient (Wildman–Crippen LogP) is 3.06. The predicted molar refractivity (Wildman–Crippen MR) is 54.1 cm³/mol. The number of aliphatic hydroxyl groups excluding tert-OH is 1. The highest BCUT2D eigenvalue weighted by Crippen LogP contribution is 2.00. The zero-order chi connectivity index (χ0) is 9.07. The first-order valence-corrected chi connectivity index (χ1v) is 4.78. The molecule has 70 valence electrons. The molecule has 12 heavy (non-hydrogen) atoms. The van der Waals surface area contributed by atoms with Gasteiger partial charge in [0.05, 0.1) is 0 Å². The Morgan fingerprint density at radius 1 is 0.917 bits per heavy atom. The van der Waals surface area contributed by atoms with Crippen molar-refractivity contribution in [2.24, 2.45) is 0 Å². The van der Waals surface area contributed by atoms with Crippen LogP contribution in [0.5, 0.6) is 0 Å². The largest absolute Gasteiger partial charge is 0.396 e. The van der Waals surface area contributed by atoms with E-state index in [1.807, 2.05) is 6.08 Å². The van der Waals surface area contributed by atoms with E-state index in [-0.39, 0.29) is 0 Å². The summed E-state index contributed by atoms with van der Waals surface area (Å²) in [6.45, 7) is 3.99. The molecule has 0 aliphatic rings. The molecular weight excluding hydrogens is 148 g/mol. The van der Waals surface area contributed by atoms with E-state index < -0.39 is 0 Å². The van der Waals surface area contributed by atoms with Gasteiger partial charge in [0, 0.05) is 6.61 Å². The quantitative estimate of drug-likeness (QED) is 0.436. The van der Waals surface area contributed by atoms with E-state index in [9.17, 15) is 0 Å². The van der Waals surface area contributed by atoms with Crippen LogP contribution in [-0.4, -0.2) is 11.7 Å². The third-order valence-electron chi connectivity index (χ3n) is 1.72. The summed E-state index contributed by atoms with van der Waals surface area (Å²) in [5, 5.41) is 8.50. The molecule has 0 heterocycles. The van der Waals surface area contributed by atoms with Gasteiger partial charge in [0.1, 0.15) is 0 Å². The van der Waals surface area contributed by atoms with E-state index in [4.69, 9.17) is 5.11 Å². The SMILES string of the molecule is C=CCCCC=CCCCCO. The molecule has 0 radical (unpaired) electrons. The van der Waals surface area contributed by atoms with Crippen LogP contribution in [0.2, 0.25) is 0 Å². The molecule has 0 atom stereocenters. The number of rotatable bonds is 8. The van der Waals surface area contributed by atoms with E-state index in [2.05, 4.69) is 18.7 Å². The molecule has 0 saturated carbocycles. The molecule has 0 aromatic carbocycles. The van der Waals surface area contributed by atoms with Crippen LogP contribution in [0.15, 0.2) is 24.8 Å². The molecular formula is C11H20O. The molecule has 0 bridgehead atoms. The van der Waals surface area contributed by atoms with E-state index >= 15 is 0 Å². The van der Waals surface area contributed by atoms with Gasteiger partial charge in [-0.15, -0.1) is 6.58 Å². The molecule has 0 aromatic rings. The van der Waals surface area contributed by atoms with Gasteiger partial charge in [-0.1, -0.05) is 18.2 Å². The highest BCUT2D eigenvalue weighted by atomic mass is 16.2. The van der Waals surface area contributed by atoms with Gasteiger partial charge in [-0.3, -0.25) is 0 Å². The summed E-state index contributed by atoms with van der Waals surface area (Å²) in [5.74, 6) is 0. The lowest BCUT2D eigenvalue weighted by atomic mass is 10.2. The molecule has 1 N–H and O–H groups in total. The minimum Gasteiger partial charge on any atom is -0.396 e. The Kier molecular flexibility index (Phi) is 9.95. The van der Waals surface area contributed by atoms with Crippen molar-refractivity contribution < 1.29 is 5.11 Å². The van der Waals surface area contributed by atoms with Gasteiger partial charge in [-0.05, 0) is 38.5 Å². The molecule has 0 unspecified atom stereocenters. The van der Waals surface area contributed by atoms with E-state index in [1.54, 1.807) is 0 Å². The van der Waals surface area contributed by atoms with Crippen LogP contribution in [0.1, 0.15) is 38.5 Å². The number of hydrogen-bond donors (Lipinski definition) is 1. The van der Waals surface area contributed by atoms with Crippen LogP contribution >= 0.6 is 0 Å². The molecule has 0 rings (SSSR count). The fourth-order valence-corrected chi connectivity index (χ4v) is 0.990. The highest BCUT2D eigenvalue weighted by molar-refractivity contribution is 4.82. The van der Waals surface area contributed by atoms with Crippen molar-refractivity contribution >= 4 is 0 Å². The minimum atomic E-state index is 0.324. The lowest BCUT2D eigenvalue weighted by Gasteiger charge is -1.92. The second kappa shape index (κ2) is 10.4. The summed E-state index contributed by atoms with van der Waals surface area (Å²) < 4.78 is 0. The number of allylic oxidation sites excluding steroid dienone is 3. The fourth-order valence-electron chi connectivity index (χ4n) is 0.990. The molecule has 0 aromatic heterocycles.